The summed E-state index contributed by atoms with van der Waals surface area (Å²) in [5, 5.41) is 2.68. The van der Waals surface area contributed by atoms with Crippen LogP contribution in [0.25, 0.3) is 6.08 Å². The van der Waals surface area contributed by atoms with Gasteiger partial charge in [-0.25, -0.2) is 9.69 Å². The molecule has 8 heteroatoms. The summed E-state index contributed by atoms with van der Waals surface area (Å²) in [6, 6.07) is 5.43. The highest BCUT2D eigenvalue weighted by molar-refractivity contribution is 6.42. The number of amides is 4. The largest absolute Gasteiger partial charge is 0.349 e. The number of carbonyl (C=O) groups is 3. The number of halogens is 2. The van der Waals surface area contributed by atoms with E-state index in [9.17, 15) is 14.4 Å². The molecule has 0 bridgehead atoms. The first-order valence-corrected chi connectivity index (χ1v) is 9.03. The number of aromatic nitrogens is 1. The van der Waals surface area contributed by atoms with Crippen LogP contribution in [0.3, 0.4) is 0 Å². The van der Waals surface area contributed by atoms with E-state index in [1.165, 1.54) is 24.3 Å². The molecule has 0 radical (unpaired) electrons. The van der Waals surface area contributed by atoms with Crippen molar-refractivity contribution in [2.24, 2.45) is 0 Å². The fourth-order valence-electron chi connectivity index (χ4n) is 3.15. The third kappa shape index (κ3) is 3.38. The lowest BCUT2D eigenvalue weighted by atomic mass is 10.1. The van der Waals surface area contributed by atoms with Crippen molar-refractivity contribution in [3.05, 3.63) is 56.8 Å². The molecule has 0 unspecified atom stereocenters. The maximum atomic E-state index is 12.9. The molecule has 0 saturated carbocycles. The molecule has 6 nitrogen and oxygen atoms in total. The zero-order valence-electron chi connectivity index (χ0n) is 15.0. The number of anilines is 1. The van der Waals surface area contributed by atoms with E-state index in [2.05, 4.69) is 9.88 Å². The number of barbiturate groups is 1. The van der Waals surface area contributed by atoms with Gasteiger partial charge in [-0.05, 0) is 56.7 Å². The Bertz CT molecular complexity index is 1010. The fourth-order valence-corrected chi connectivity index (χ4v) is 3.65. The Kier molecular flexibility index (Phi) is 5.13. The van der Waals surface area contributed by atoms with Crippen LogP contribution in [0.1, 0.15) is 23.9 Å². The molecule has 4 amide bonds. The molecular weight excluding hydrogens is 389 g/mol. The number of imide groups is 2. The third-order valence-electron chi connectivity index (χ3n) is 4.48. The van der Waals surface area contributed by atoms with Crippen LogP contribution in [0.2, 0.25) is 10.0 Å². The molecule has 140 valence electrons. The molecule has 0 aliphatic carbocycles. The lowest BCUT2D eigenvalue weighted by Gasteiger charge is -2.27. The van der Waals surface area contributed by atoms with Crippen LogP contribution in [-0.2, 0) is 16.1 Å². The van der Waals surface area contributed by atoms with Crippen molar-refractivity contribution >= 4 is 52.8 Å². The van der Waals surface area contributed by atoms with Gasteiger partial charge < -0.3 is 4.57 Å². The molecule has 1 fully saturated rings. The number of urea groups is 1. The molecule has 2 aromatic rings. The van der Waals surface area contributed by atoms with Crippen molar-refractivity contribution in [2.75, 3.05) is 4.90 Å². The zero-order chi connectivity index (χ0) is 19.9. The standard InChI is InChI=1S/C19H17Cl2N3O3/c1-4-23-10(2)7-12(11(23)3)8-14-17(25)22-19(27)24(18(14)26)16-6-5-13(20)9-15(16)21/h5-9H,4H2,1-3H3,(H,22,25,27)/b14-8+. The van der Waals surface area contributed by atoms with Crippen LogP contribution in [0.5, 0.6) is 0 Å². The highest BCUT2D eigenvalue weighted by Crippen LogP contribution is 2.31. The summed E-state index contributed by atoms with van der Waals surface area (Å²) in [5.41, 5.74) is 2.69. The van der Waals surface area contributed by atoms with Crippen molar-refractivity contribution < 1.29 is 14.4 Å². The van der Waals surface area contributed by atoms with Crippen molar-refractivity contribution in [3.63, 3.8) is 0 Å². The van der Waals surface area contributed by atoms with Gasteiger partial charge in [-0.1, -0.05) is 23.2 Å². The molecule has 1 aromatic heterocycles. The second kappa shape index (κ2) is 7.21. The van der Waals surface area contributed by atoms with E-state index in [4.69, 9.17) is 23.2 Å². The van der Waals surface area contributed by atoms with E-state index < -0.39 is 17.8 Å². The number of carbonyl (C=O) groups excluding carboxylic acids is 3. The molecule has 3 rings (SSSR count). The maximum absolute atomic E-state index is 12.9. The first-order valence-electron chi connectivity index (χ1n) is 8.27. The van der Waals surface area contributed by atoms with Gasteiger partial charge in [0, 0.05) is 23.0 Å². The molecule has 1 aliphatic heterocycles. The quantitative estimate of drug-likeness (QED) is 0.616. The van der Waals surface area contributed by atoms with Crippen molar-refractivity contribution in [1.82, 2.24) is 9.88 Å². The average molecular weight is 406 g/mol. The minimum Gasteiger partial charge on any atom is -0.349 e. The Balaban J connectivity index is 2.08. The van der Waals surface area contributed by atoms with Crippen LogP contribution < -0.4 is 10.2 Å². The predicted molar refractivity (Wildman–Crippen MR) is 105 cm³/mol. The molecule has 27 heavy (non-hydrogen) atoms. The van der Waals surface area contributed by atoms with Gasteiger partial charge in [0.05, 0.1) is 10.7 Å². The van der Waals surface area contributed by atoms with E-state index in [1.807, 2.05) is 26.8 Å². The van der Waals surface area contributed by atoms with Gasteiger partial charge in [-0.2, -0.15) is 0 Å². The lowest BCUT2D eigenvalue weighted by molar-refractivity contribution is -0.122. The minimum absolute atomic E-state index is 0.129. The Hall–Kier alpha value is -2.57. The normalized spacial score (nSPS) is 16.3. The van der Waals surface area contributed by atoms with Gasteiger partial charge in [0.2, 0.25) is 0 Å². The van der Waals surface area contributed by atoms with Gasteiger partial charge in [0.15, 0.2) is 0 Å². The molecule has 1 aliphatic rings. The second-order valence-electron chi connectivity index (χ2n) is 6.12. The number of aryl methyl sites for hydroxylation is 1. The number of benzene rings is 1. The summed E-state index contributed by atoms with van der Waals surface area (Å²) in [5.74, 6) is -1.48. The monoisotopic (exact) mass is 405 g/mol. The SMILES string of the molecule is CCn1c(C)cc(/C=C2\C(=O)NC(=O)N(c3ccc(Cl)cc3Cl)C2=O)c1C. The maximum Gasteiger partial charge on any atom is 0.335 e. The summed E-state index contributed by atoms with van der Waals surface area (Å²) in [7, 11) is 0. The Morgan fingerprint density at radius 2 is 1.81 bits per heavy atom. The molecule has 0 spiro atoms. The van der Waals surface area contributed by atoms with Gasteiger partial charge in [-0.3, -0.25) is 14.9 Å². The van der Waals surface area contributed by atoms with E-state index in [0.717, 1.165) is 28.4 Å². The highest BCUT2D eigenvalue weighted by Gasteiger charge is 2.37. The Morgan fingerprint density at radius 3 is 2.41 bits per heavy atom. The van der Waals surface area contributed by atoms with Crippen LogP contribution in [0.4, 0.5) is 10.5 Å². The van der Waals surface area contributed by atoms with Crippen LogP contribution in [0.15, 0.2) is 29.8 Å². The summed E-state index contributed by atoms with van der Waals surface area (Å²) in [6.45, 7) is 6.64. The third-order valence-corrected chi connectivity index (χ3v) is 5.02. The first kappa shape index (κ1) is 19.2. The number of hydrogen-bond acceptors (Lipinski definition) is 3. The van der Waals surface area contributed by atoms with Crippen LogP contribution in [0, 0.1) is 13.8 Å². The lowest BCUT2D eigenvalue weighted by Crippen LogP contribution is -2.54. The summed E-state index contributed by atoms with van der Waals surface area (Å²) in [4.78, 5) is 38.3. The van der Waals surface area contributed by atoms with E-state index in [1.54, 1.807) is 0 Å². The van der Waals surface area contributed by atoms with Crippen molar-refractivity contribution in [3.8, 4) is 0 Å². The Labute approximate surface area is 166 Å². The summed E-state index contributed by atoms with van der Waals surface area (Å²) < 4.78 is 2.07. The van der Waals surface area contributed by atoms with Gasteiger partial charge in [-0.15, -0.1) is 0 Å². The molecule has 1 saturated heterocycles. The van der Waals surface area contributed by atoms with Gasteiger partial charge >= 0.3 is 6.03 Å². The molecule has 2 heterocycles. The number of rotatable bonds is 3. The van der Waals surface area contributed by atoms with E-state index in [-0.39, 0.29) is 16.3 Å². The minimum atomic E-state index is -0.856. The van der Waals surface area contributed by atoms with E-state index >= 15 is 0 Å². The molecule has 1 N–H and O–H groups in total. The number of nitrogens with zero attached hydrogens (tertiary/aromatic N) is 2. The van der Waals surface area contributed by atoms with Crippen LogP contribution >= 0.6 is 23.2 Å². The topological polar surface area (TPSA) is 71.4 Å². The van der Waals surface area contributed by atoms with Gasteiger partial charge in [0.1, 0.15) is 5.57 Å². The van der Waals surface area contributed by atoms with E-state index in [0.29, 0.717) is 5.02 Å². The Morgan fingerprint density at radius 1 is 1.11 bits per heavy atom. The highest BCUT2D eigenvalue weighted by atomic mass is 35.5. The van der Waals surface area contributed by atoms with Gasteiger partial charge in [0.25, 0.3) is 11.8 Å². The predicted octanol–water partition coefficient (Wildman–Crippen LogP) is 4.10. The fraction of sp³-hybridized carbons (Fsp3) is 0.211. The number of nitrogens with one attached hydrogen (secondary N) is 1. The first-order chi connectivity index (χ1) is 12.7. The van der Waals surface area contributed by atoms with Crippen molar-refractivity contribution in [2.45, 2.75) is 27.3 Å². The smallest absolute Gasteiger partial charge is 0.335 e. The average Bonchev–Trinajstić information content (AvgIpc) is 2.86. The van der Waals surface area contributed by atoms with Crippen molar-refractivity contribution in [1.29, 1.82) is 0 Å². The summed E-state index contributed by atoms with van der Waals surface area (Å²) >= 11 is 12.0. The molecule has 1 aromatic carbocycles. The zero-order valence-corrected chi connectivity index (χ0v) is 16.5. The second-order valence-corrected chi connectivity index (χ2v) is 6.97. The molecular formula is C19H17Cl2N3O3. The number of hydrogen-bond donors (Lipinski definition) is 1. The van der Waals surface area contributed by atoms with Crippen LogP contribution in [-0.4, -0.2) is 22.4 Å². The summed E-state index contributed by atoms with van der Waals surface area (Å²) in [6.07, 6.45) is 1.50. The molecule has 0 atom stereocenters.